The Morgan fingerprint density at radius 3 is 2.67 bits per heavy atom. The molecule has 0 aliphatic heterocycles. The van der Waals surface area contributed by atoms with Crippen LogP contribution >= 0.6 is 0 Å². The predicted octanol–water partition coefficient (Wildman–Crippen LogP) is 4.24. The third-order valence-electron chi connectivity index (χ3n) is 4.06. The van der Waals surface area contributed by atoms with Crippen molar-refractivity contribution in [1.29, 1.82) is 0 Å². The molecule has 2 aromatic heterocycles. The molecule has 0 radical (unpaired) electrons. The number of hydrogen-bond donors (Lipinski definition) is 0. The quantitative estimate of drug-likeness (QED) is 0.345. The van der Waals surface area contributed by atoms with Gasteiger partial charge in [0.15, 0.2) is 0 Å². The minimum Gasteiger partial charge on any atom is -0.232 e. The van der Waals surface area contributed by atoms with Gasteiger partial charge >= 0.3 is 0 Å². The fourth-order valence-corrected chi connectivity index (χ4v) is 3.23. The van der Waals surface area contributed by atoms with Crippen LogP contribution in [0.3, 0.4) is 0 Å². The van der Waals surface area contributed by atoms with E-state index in [1.165, 1.54) is 21.9 Å². The molecule has 0 unspecified atom stereocenters. The van der Waals surface area contributed by atoms with E-state index in [2.05, 4.69) is 55.2 Å². The molecule has 2 heteroatoms. The highest BCUT2D eigenvalue weighted by Crippen LogP contribution is 2.32. The van der Waals surface area contributed by atoms with Crippen molar-refractivity contribution in [3.8, 4) is 12.3 Å². The van der Waals surface area contributed by atoms with Crippen molar-refractivity contribution >= 4 is 27.2 Å². The number of fused-ring (bicyclic) bond motifs is 6. The number of hydrogen-bond acceptors (Lipinski definition) is 1. The summed E-state index contributed by atoms with van der Waals surface area (Å²) in [6, 6.07) is 12.6. The number of aryl methyl sites for hydroxylation is 2. The molecule has 2 heterocycles. The molecule has 0 aliphatic carbocycles. The summed E-state index contributed by atoms with van der Waals surface area (Å²) in [5.74, 6) is 2.73. The van der Waals surface area contributed by atoms with Gasteiger partial charge in [-0.15, -0.1) is 6.42 Å². The summed E-state index contributed by atoms with van der Waals surface area (Å²) < 4.78 is 2.00. The zero-order valence-electron chi connectivity index (χ0n) is 12.0. The van der Waals surface area contributed by atoms with Crippen LogP contribution in [-0.2, 0) is 0 Å². The minimum atomic E-state index is 0.898. The molecule has 21 heavy (non-hydrogen) atoms. The van der Waals surface area contributed by atoms with E-state index in [1.807, 2.05) is 16.8 Å². The maximum absolute atomic E-state index is 5.56. The van der Waals surface area contributed by atoms with E-state index < -0.39 is 0 Å². The monoisotopic (exact) mass is 270 g/mol. The zero-order chi connectivity index (χ0) is 14.6. The maximum Gasteiger partial charge on any atom is 0.0750 e. The van der Waals surface area contributed by atoms with Gasteiger partial charge in [-0.1, -0.05) is 23.6 Å². The second-order valence-corrected chi connectivity index (χ2v) is 5.51. The van der Waals surface area contributed by atoms with Crippen LogP contribution in [0.15, 0.2) is 42.6 Å². The zero-order valence-corrected chi connectivity index (χ0v) is 12.0. The molecule has 0 N–H and O–H groups in total. The largest absolute Gasteiger partial charge is 0.232 e. The summed E-state index contributed by atoms with van der Waals surface area (Å²) in [6.45, 7) is 4.28. The van der Waals surface area contributed by atoms with E-state index in [9.17, 15) is 0 Å². The van der Waals surface area contributed by atoms with Gasteiger partial charge in [-0.05, 0) is 49.1 Å². The van der Waals surface area contributed by atoms with E-state index >= 15 is 0 Å². The molecule has 0 aliphatic rings. The van der Waals surface area contributed by atoms with Gasteiger partial charge in [0.2, 0.25) is 0 Å². The van der Waals surface area contributed by atoms with Crippen LogP contribution in [0.4, 0.5) is 0 Å². The summed E-state index contributed by atoms with van der Waals surface area (Å²) in [4.78, 5) is 0. The van der Waals surface area contributed by atoms with Gasteiger partial charge in [-0.2, -0.15) is 5.10 Å². The Labute approximate surface area is 123 Å². The van der Waals surface area contributed by atoms with Gasteiger partial charge in [0.1, 0.15) is 0 Å². The minimum absolute atomic E-state index is 0.898. The lowest BCUT2D eigenvalue weighted by molar-refractivity contribution is 1.01. The Balaban J connectivity index is 2.40. The lowest BCUT2D eigenvalue weighted by Gasteiger charge is -2.11. The van der Waals surface area contributed by atoms with Gasteiger partial charge in [0.25, 0.3) is 0 Å². The van der Waals surface area contributed by atoms with Crippen molar-refractivity contribution < 1.29 is 0 Å². The van der Waals surface area contributed by atoms with Gasteiger partial charge in [0.05, 0.1) is 17.2 Å². The SMILES string of the molecule is C#Cc1ccc2c(c1)c1cc(C)cc(C)c1c1ccnn21. The first-order valence-electron chi connectivity index (χ1n) is 6.96. The smallest absolute Gasteiger partial charge is 0.0750 e. The van der Waals surface area contributed by atoms with Crippen LogP contribution in [0.2, 0.25) is 0 Å². The van der Waals surface area contributed by atoms with Crippen LogP contribution < -0.4 is 0 Å². The molecule has 0 bridgehead atoms. The second-order valence-electron chi connectivity index (χ2n) is 5.51. The van der Waals surface area contributed by atoms with Crippen molar-refractivity contribution in [2.24, 2.45) is 0 Å². The summed E-state index contributed by atoms with van der Waals surface area (Å²) in [5.41, 5.74) is 5.66. The molecule has 100 valence electrons. The number of aromatic nitrogens is 2. The van der Waals surface area contributed by atoms with Gasteiger partial charge in [0, 0.05) is 16.3 Å². The van der Waals surface area contributed by atoms with Crippen molar-refractivity contribution in [2.75, 3.05) is 0 Å². The molecule has 2 nitrogen and oxygen atoms in total. The highest BCUT2D eigenvalue weighted by atomic mass is 15.2. The fraction of sp³-hybridized carbons (Fsp3) is 0.105. The maximum atomic E-state index is 5.56. The Bertz CT molecular complexity index is 1060. The molecule has 0 spiro atoms. The van der Waals surface area contributed by atoms with Gasteiger partial charge in [-0.25, -0.2) is 4.52 Å². The molecule has 4 aromatic rings. The first-order chi connectivity index (χ1) is 10.2. The highest BCUT2D eigenvalue weighted by Gasteiger charge is 2.11. The molecular weight excluding hydrogens is 256 g/mol. The third kappa shape index (κ3) is 1.58. The molecular formula is C19H14N2. The number of benzene rings is 2. The average molecular weight is 270 g/mol. The summed E-state index contributed by atoms with van der Waals surface area (Å²) >= 11 is 0. The predicted molar refractivity (Wildman–Crippen MR) is 87.6 cm³/mol. The normalized spacial score (nSPS) is 11.3. The van der Waals surface area contributed by atoms with Crippen molar-refractivity contribution in [1.82, 2.24) is 9.61 Å². The van der Waals surface area contributed by atoms with E-state index in [0.29, 0.717) is 0 Å². The lowest BCUT2D eigenvalue weighted by atomic mass is 9.98. The van der Waals surface area contributed by atoms with E-state index in [1.54, 1.807) is 0 Å². The Kier molecular flexibility index (Phi) is 2.34. The number of terminal acetylenes is 1. The molecule has 0 amide bonds. The molecule has 0 saturated heterocycles. The summed E-state index contributed by atoms with van der Waals surface area (Å²) in [6.07, 6.45) is 7.41. The van der Waals surface area contributed by atoms with E-state index in [4.69, 9.17) is 6.42 Å². The van der Waals surface area contributed by atoms with Crippen LogP contribution in [0.1, 0.15) is 16.7 Å². The standard InChI is InChI=1S/C19H14N2/c1-4-14-5-6-17-15(11-14)16-10-12(2)9-13(3)19(16)18-7-8-20-21(17)18/h1,5-11H,2-3H3. The Hall–Kier alpha value is -2.79. The highest BCUT2D eigenvalue weighted by molar-refractivity contribution is 6.14. The summed E-state index contributed by atoms with van der Waals surface area (Å²) in [7, 11) is 0. The van der Waals surface area contributed by atoms with Crippen LogP contribution in [0.25, 0.3) is 27.2 Å². The Morgan fingerprint density at radius 2 is 1.86 bits per heavy atom. The van der Waals surface area contributed by atoms with Crippen LogP contribution in [0.5, 0.6) is 0 Å². The molecule has 0 atom stereocenters. The topological polar surface area (TPSA) is 17.3 Å². The number of rotatable bonds is 0. The third-order valence-corrected chi connectivity index (χ3v) is 4.06. The van der Waals surface area contributed by atoms with E-state index in [-0.39, 0.29) is 0 Å². The molecule has 2 aromatic carbocycles. The average Bonchev–Trinajstić information content (AvgIpc) is 2.95. The van der Waals surface area contributed by atoms with Crippen molar-refractivity contribution in [2.45, 2.75) is 13.8 Å². The van der Waals surface area contributed by atoms with Gasteiger partial charge in [-0.3, -0.25) is 0 Å². The first-order valence-corrected chi connectivity index (χ1v) is 6.96. The first kappa shape index (κ1) is 12.0. The van der Waals surface area contributed by atoms with E-state index in [0.717, 1.165) is 22.0 Å². The second kappa shape index (κ2) is 4.10. The molecule has 0 fully saturated rings. The van der Waals surface area contributed by atoms with Crippen molar-refractivity contribution in [3.63, 3.8) is 0 Å². The van der Waals surface area contributed by atoms with Crippen LogP contribution in [0, 0.1) is 26.2 Å². The number of nitrogens with zero attached hydrogens (tertiary/aromatic N) is 2. The summed E-state index contributed by atoms with van der Waals surface area (Å²) in [5, 5.41) is 8.13. The molecule has 4 rings (SSSR count). The van der Waals surface area contributed by atoms with Gasteiger partial charge < -0.3 is 0 Å². The van der Waals surface area contributed by atoms with Crippen LogP contribution in [-0.4, -0.2) is 9.61 Å². The molecule has 0 saturated carbocycles. The Morgan fingerprint density at radius 1 is 1.00 bits per heavy atom. The number of pyridine rings is 1. The lowest BCUT2D eigenvalue weighted by Crippen LogP contribution is -1.95. The van der Waals surface area contributed by atoms with Crippen molar-refractivity contribution in [3.05, 3.63) is 59.3 Å². The fourth-order valence-electron chi connectivity index (χ4n) is 3.23.